The molecule has 0 fully saturated rings. The highest BCUT2D eigenvalue weighted by Crippen LogP contribution is 2.32. The molecule has 0 aliphatic heterocycles. The van der Waals surface area contributed by atoms with Crippen LogP contribution in [0.4, 0.5) is 10.5 Å². The number of halogens is 1. The molecule has 114 valence electrons. The Kier molecular flexibility index (Phi) is 4.17. The average molecular weight is 337 g/mol. The van der Waals surface area contributed by atoms with E-state index in [9.17, 15) is 4.79 Å². The Balaban J connectivity index is 1.63. The van der Waals surface area contributed by atoms with Gasteiger partial charge in [-0.15, -0.1) is 11.3 Å². The Morgan fingerprint density at radius 1 is 1.50 bits per heavy atom. The lowest BCUT2D eigenvalue weighted by Crippen LogP contribution is -2.28. The van der Waals surface area contributed by atoms with Crippen LogP contribution in [0.25, 0.3) is 4.96 Å². The van der Waals surface area contributed by atoms with Crippen molar-refractivity contribution in [3.63, 3.8) is 0 Å². The minimum absolute atomic E-state index is 0.336. The van der Waals surface area contributed by atoms with Crippen LogP contribution >= 0.6 is 22.9 Å². The van der Waals surface area contributed by atoms with Crippen molar-refractivity contribution in [1.82, 2.24) is 14.7 Å². The van der Waals surface area contributed by atoms with Crippen LogP contribution in [0, 0.1) is 0 Å². The van der Waals surface area contributed by atoms with E-state index in [1.54, 1.807) is 29.5 Å². The van der Waals surface area contributed by atoms with Gasteiger partial charge in [-0.3, -0.25) is 4.40 Å². The molecular formula is C14H13ClN4O2S. The van der Waals surface area contributed by atoms with Crippen molar-refractivity contribution in [3.8, 4) is 5.75 Å². The number of fused-ring (bicyclic) bond motifs is 1. The molecule has 0 saturated carbocycles. The molecule has 0 saturated heterocycles. The Bertz CT molecular complexity index is 786. The largest absolute Gasteiger partial charge is 0.493 e. The number of methoxy groups -OCH3 is 1. The van der Waals surface area contributed by atoms with Crippen molar-refractivity contribution >= 4 is 39.6 Å². The monoisotopic (exact) mass is 336 g/mol. The van der Waals surface area contributed by atoms with Gasteiger partial charge in [0.1, 0.15) is 0 Å². The molecule has 0 atom stereocenters. The van der Waals surface area contributed by atoms with Crippen LogP contribution in [0.2, 0.25) is 5.02 Å². The molecular weight excluding hydrogens is 324 g/mol. The van der Waals surface area contributed by atoms with Crippen LogP contribution in [0.5, 0.6) is 5.75 Å². The first-order valence-corrected chi connectivity index (χ1v) is 7.71. The number of imidazole rings is 1. The highest BCUT2D eigenvalue weighted by Gasteiger charge is 2.11. The summed E-state index contributed by atoms with van der Waals surface area (Å²) in [5.41, 5.74) is 1.30. The smallest absolute Gasteiger partial charge is 0.319 e. The number of urea groups is 1. The van der Waals surface area contributed by atoms with Crippen LogP contribution in [-0.2, 0) is 6.54 Å². The molecule has 0 spiro atoms. The number of thiazole rings is 1. The van der Waals surface area contributed by atoms with Gasteiger partial charge in [0.05, 0.1) is 30.1 Å². The number of para-hydroxylation sites is 1. The number of carbonyl (C=O) groups excluding carboxylic acids is 1. The first-order valence-electron chi connectivity index (χ1n) is 6.46. The molecule has 2 aromatic heterocycles. The van der Waals surface area contributed by atoms with Gasteiger partial charge in [-0.1, -0.05) is 17.7 Å². The van der Waals surface area contributed by atoms with Gasteiger partial charge in [0, 0.05) is 17.8 Å². The summed E-state index contributed by atoms with van der Waals surface area (Å²) in [6.45, 7) is 0.336. The molecule has 1 aromatic carbocycles. The summed E-state index contributed by atoms with van der Waals surface area (Å²) in [5.74, 6) is 0.432. The summed E-state index contributed by atoms with van der Waals surface area (Å²) in [7, 11) is 1.50. The van der Waals surface area contributed by atoms with Crippen LogP contribution in [0.3, 0.4) is 0 Å². The predicted octanol–water partition coefficient (Wildman–Crippen LogP) is 3.38. The number of ether oxygens (including phenoxy) is 1. The van der Waals surface area contributed by atoms with E-state index in [2.05, 4.69) is 15.6 Å². The number of anilines is 1. The third kappa shape index (κ3) is 3.00. The van der Waals surface area contributed by atoms with Crippen LogP contribution in [0.1, 0.15) is 5.69 Å². The quantitative estimate of drug-likeness (QED) is 0.767. The highest BCUT2D eigenvalue weighted by molar-refractivity contribution is 7.15. The lowest BCUT2D eigenvalue weighted by Gasteiger charge is -2.11. The Hall–Kier alpha value is -2.25. The van der Waals surface area contributed by atoms with Crippen molar-refractivity contribution in [2.24, 2.45) is 0 Å². The Labute approximate surface area is 135 Å². The molecule has 2 N–H and O–H groups in total. The molecule has 3 aromatic rings. The molecule has 0 aliphatic carbocycles. The minimum atomic E-state index is -0.350. The SMILES string of the molecule is COc1c(Cl)cccc1NC(=O)NCc1cn2ccsc2n1. The zero-order valence-corrected chi connectivity index (χ0v) is 13.2. The fourth-order valence-electron chi connectivity index (χ4n) is 2.01. The average Bonchev–Trinajstić information content (AvgIpc) is 3.06. The number of nitrogens with zero attached hydrogens (tertiary/aromatic N) is 2. The van der Waals surface area contributed by atoms with E-state index in [4.69, 9.17) is 16.3 Å². The van der Waals surface area contributed by atoms with Gasteiger partial charge in [0.2, 0.25) is 0 Å². The molecule has 8 heteroatoms. The third-order valence-corrected chi connectivity index (χ3v) is 4.06. The van der Waals surface area contributed by atoms with E-state index in [0.717, 1.165) is 10.7 Å². The Morgan fingerprint density at radius 3 is 3.14 bits per heavy atom. The van der Waals surface area contributed by atoms with Gasteiger partial charge < -0.3 is 15.4 Å². The molecule has 3 rings (SSSR count). The molecule has 6 nitrogen and oxygen atoms in total. The highest BCUT2D eigenvalue weighted by atomic mass is 35.5. The van der Waals surface area contributed by atoms with E-state index in [1.165, 1.54) is 7.11 Å². The fraction of sp³-hybridized carbons (Fsp3) is 0.143. The molecule has 22 heavy (non-hydrogen) atoms. The summed E-state index contributed by atoms with van der Waals surface area (Å²) in [6.07, 6.45) is 3.81. The Morgan fingerprint density at radius 2 is 2.36 bits per heavy atom. The van der Waals surface area contributed by atoms with E-state index < -0.39 is 0 Å². The maximum atomic E-state index is 12.0. The maximum absolute atomic E-state index is 12.0. The van der Waals surface area contributed by atoms with Crippen LogP contribution in [-0.4, -0.2) is 22.5 Å². The number of hydrogen-bond acceptors (Lipinski definition) is 4. The normalized spacial score (nSPS) is 10.6. The van der Waals surface area contributed by atoms with Gasteiger partial charge in [0.15, 0.2) is 10.7 Å². The van der Waals surface area contributed by atoms with Gasteiger partial charge in [-0.2, -0.15) is 0 Å². The second-order valence-corrected chi connectivity index (χ2v) is 5.73. The number of aromatic nitrogens is 2. The van der Waals surface area contributed by atoms with Crippen molar-refractivity contribution < 1.29 is 9.53 Å². The molecule has 2 heterocycles. The van der Waals surface area contributed by atoms with E-state index in [-0.39, 0.29) is 6.03 Å². The van der Waals surface area contributed by atoms with Crippen molar-refractivity contribution in [1.29, 1.82) is 0 Å². The van der Waals surface area contributed by atoms with Crippen LogP contribution in [0.15, 0.2) is 36.0 Å². The molecule has 0 aliphatic rings. The first kappa shape index (κ1) is 14.7. The van der Waals surface area contributed by atoms with E-state index in [0.29, 0.717) is 23.0 Å². The van der Waals surface area contributed by atoms with E-state index >= 15 is 0 Å². The minimum Gasteiger partial charge on any atom is -0.493 e. The zero-order valence-electron chi connectivity index (χ0n) is 11.7. The fourth-order valence-corrected chi connectivity index (χ4v) is 2.98. The second kappa shape index (κ2) is 6.25. The summed E-state index contributed by atoms with van der Waals surface area (Å²) >= 11 is 7.55. The van der Waals surface area contributed by atoms with Crippen molar-refractivity contribution in [2.45, 2.75) is 6.54 Å². The molecule has 0 unspecified atom stereocenters. The standard InChI is InChI=1S/C14H13ClN4O2S/c1-21-12-10(15)3-2-4-11(12)18-13(20)16-7-9-8-19-5-6-22-14(19)17-9/h2-6,8H,7H2,1H3,(H2,16,18,20). The maximum Gasteiger partial charge on any atom is 0.319 e. The van der Waals surface area contributed by atoms with Gasteiger partial charge in [0.25, 0.3) is 0 Å². The third-order valence-electron chi connectivity index (χ3n) is 2.99. The number of rotatable bonds is 4. The molecule has 0 bridgehead atoms. The molecule has 0 radical (unpaired) electrons. The van der Waals surface area contributed by atoms with Gasteiger partial charge in [-0.05, 0) is 12.1 Å². The summed E-state index contributed by atoms with van der Waals surface area (Å²) in [6, 6.07) is 4.80. The number of amides is 2. The molecule has 2 amide bonds. The number of nitrogens with one attached hydrogen (secondary N) is 2. The van der Waals surface area contributed by atoms with Crippen molar-refractivity contribution in [3.05, 3.63) is 46.7 Å². The summed E-state index contributed by atoms with van der Waals surface area (Å²) in [4.78, 5) is 17.3. The lowest BCUT2D eigenvalue weighted by molar-refractivity contribution is 0.251. The van der Waals surface area contributed by atoms with Gasteiger partial charge >= 0.3 is 6.03 Å². The summed E-state index contributed by atoms with van der Waals surface area (Å²) in [5, 5.41) is 7.85. The second-order valence-electron chi connectivity index (χ2n) is 4.45. The topological polar surface area (TPSA) is 67.7 Å². The van der Waals surface area contributed by atoms with Crippen LogP contribution < -0.4 is 15.4 Å². The van der Waals surface area contributed by atoms with E-state index in [1.807, 2.05) is 22.2 Å². The zero-order chi connectivity index (χ0) is 15.5. The van der Waals surface area contributed by atoms with Crippen molar-refractivity contribution in [2.75, 3.05) is 12.4 Å². The predicted molar refractivity (Wildman–Crippen MR) is 86.9 cm³/mol. The lowest BCUT2D eigenvalue weighted by atomic mass is 10.3. The number of carbonyl (C=O) groups is 1. The number of benzene rings is 1. The summed E-state index contributed by atoms with van der Waals surface area (Å²) < 4.78 is 7.10. The van der Waals surface area contributed by atoms with Gasteiger partial charge in [-0.25, -0.2) is 9.78 Å². The first-order chi connectivity index (χ1) is 10.7. The number of hydrogen-bond donors (Lipinski definition) is 2.